The maximum atomic E-state index is 11.3. The van der Waals surface area contributed by atoms with Crippen molar-refractivity contribution in [3.8, 4) is 0 Å². The first-order valence-corrected chi connectivity index (χ1v) is 4.23. The van der Waals surface area contributed by atoms with Gasteiger partial charge in [0.1, 0.15) is 0 Å². The Hall–Kier alpha value is -1.36. The van der Waals surface area contributed by atoms with Gasteiger partial charge in [-0.25, -0.2) is 0 Å². The van der Waals surface area contributed by atoms with Crippen molar-refractivity contribution >= 4 is 5.91 Å². The highest BCUT2D eigenvalue weighted by Crippen LogP contribution is 2.17. The lowest BCUT2D eigenvalue weighted by molar-refractivity contribution is 0.0925. The van der Waals surface area contributed by atoms with E-state index in [0.29, 0.717) is 12.3 Å². The molecule has 5 nitrogen and oxygen atoms in total. The van der Waals surface area contributed by atoms with Crippen LogP contribution in [-0.2, 0) is 13.0 Å². The van der Waals surface area contributed by atoms with Gasteiger partial charge in [-0.1, -0.05) is 5.16 Å². The van der Waals surface area contributed by atoms with Crippen molar-refractivity contribution in [2.45, 2.75) is 13.0 Å². The fraction of sp³-hybridized carbons (Fsp3) is 0.500. The molecule has 0 fully saturated rings. The third-order valence-electron chi connectivity index (χ3n) is 2.14. The van der Waals surface area contributed by atoms with Crippen LogP contribution in [0, 0.1) is 0 Å². The number of hydrogen-bond acceptors (Lipinski definition) is 4. The summed E-state index contributed by atoms with van der Waals surface area (Å²) in [6.45, 7) is 1.56. The monoisotopic (exact) mass is 181 g/mol. The first-order valence-electron chi connectivity index (χ1n) is 4.23. The van der Waals surface area contributed by atoms with Gasteiger partial charge in [0.2, 0.25) is 5.76 Å². The van der Waals surface area contributed by atoms with Crippen molar-refractivity contribution in [2.75, 3.05) is 13.6 Å². The van der Waals surface area contributed by atoms with E-state index in [9.17, 15) is 4.79 Å². The molecule has 1 aromatic rings. The molecule has 0 unspecified atom stereocenters. The molecule has 70 valence electrons. The van der Waals surface area contributed by atoms with Crippen molar-refractivity contribution in [3.63, 3.8) is 0 Å². The molecule has 1 aliphatic heterocycles. The van der Waals surface area contributed by atoms with E-state index in [1.807, 2.05) is 0 Å². The Labute approximate surface area is 75.5 Å². The highest BCUT2D eigenvalue weighted by Gasteiger charge is 2.22. The third kappa shape index (κ3) is 1.31. The molecular formula is C8H11N3O2. The molecule has 13 heavy (non-hydrogen) atoms. The lowest BCUT2D eigenvalue weighted by Gasteiger charge is -2.10. The Kier molecular flexibility index (Phi) is 2.02. The predicted molar refractivity (Wildman–Crippen MR) is 45.3 cm³/mol. The first-order chi connectivity index (χ1) is 6.33. The number of carbonyl (C=O) groups excluding carboxylic acids is 1. The summed E-state index contributed by atoms with van der Waals surface area (Å²) < 4.78 is 4.97. The maximum Gasteiger partial charge on any atom is 0.289 e. The second-order valence-corrected chi connectivity index (χ2v) is 2.94. The van der Waals surface area contributed by atoms with Crippen LogP contribution < -0.4 is 10.6 Å². The zero-order chi connectivity index (χ0) is 9.26. The number of hydrogen-bond donors (Lipinski definition) is 2. The zero-order valence-electron chi connectivity index (χ0n) is 7.39. The quantitative estimate of drug-likeness (QED) is 0.623. The van der Waals surface area contributed by atoms with E-state index in [2.05, 4.69) is 15.8 Å². The number of amides is 1. The van der Waals surface area contributed by atoms with Crippen LogP contribution in [0.2, 0.25) is 0 Å². The molecule has 0 radical (unpaired) electrons. The molecule has 2 rings (SSSR count). The molecule has 0 aliphatic carbocycles. The molecule has 2 N–H and O–H groups in total. The summed E-state index contributed by atoms with van der Waals surface area (Å²) in [5, 5.41) is 9.53. The predicted octanol–water partition coefficient (Wildman–Crippen LogP) is -0.320. The van der Waals surface area contributed by atoms with E-state index in [-0.39, 0.29) is 5.91 Å². The summed E-state index contributed by atoms with van der Waals surface area (Å²) in [6.07, 6.45) is 0.829. The fourth-order valence-electron chi connectivity index (χ4n) is 1.43. The van der Waals surface area contributed by atoms with Crippen LogP contribution in [0.15, 0.2) is 4.52 Å². The van der Waals surface area contributed by atoms with Gasteiger partial charge in [-0.15, -0.1) is 0 Å². The standard InChI is InChI=1S/C8H11N3O2/c1-9-8(12)7-5-4-10-3-2-6(5)11-13-7/h10H,2-4H2,1H3,(H,9,12). The van der Waals surface area contributed by atoms with Crippen LogP contribution in [0.3, 0.4) is 0 Å². The Morgan fingerprint density at radius 3 is 3.31 bits per heavy atom. The summed E-state index contributed by atoms with van der Waals surface area (Å²) in [5.74, 6) is 0.127. The summed E-state index contributed by atoms with van der Waals surface area (Å²) >= 11 is 0. The molecule has 5 heteroatoms. The van der Waals surface area contributed by atoms with Crippen molar-refractivity contribution in [3.05, 3.63) is 17.0 Å². The fourth-order valence-corrected chi connectivity index (χ4v) is 1.43. The normalized spacial score (nSPS) is 15.2. The van der Waals surface area contributed by atoms with E-state index in [1.165, 1.54) is 0 Å². The zero-order valence-corrected chi connectivity index (χ0v) is 7.39. The molecule has 1 aliphatic rings. The van der Waals surface area contributed by atoms with E-state index >= 15 is 0 Å². The average molecular weight is 181 g/mol. The van der Waals surface area contributed by atoms with Gasteiger partial charge >= 0.3 is 0 Å². The summed E-state index contributed by atoms with van der Waals surface area (Å²) in [7, 11) is 1.58. The topological polar surface area (TPSA) is 67.2 Å². The van der Waals surface area contributed by atoms with Gasteiger partial charge in [-0.05, 0) is 0 Å². The van der Waals surface area contributed by atoms with Crippen LogP contribution >= 0.6 is 0 Å². The minimum absolute atomic E-state index is 0.211. The maximum absolute atomic E-state index is 11.3. The van der Waals surface area contributed by atoms with Gasteiger partial charge in [-0.3, -0.25) is 4.79 Å². The highest BCUT2D eigenvalue weighted by atomic mass is 16.5. The van der Waals surface area contributed by atoms with Crippen molar-refractivity contribution in [2.24, 2.45) is 0 Å². The molecule has 0 aromatic carbocycles. The van der Waals surface area contributed by atoms with E-state index < -0.39 is 0 Å². The Morgan fingerprint density at radius 1 is 1.69 bits per heavy atom. The molecule has 2 heterocycles. The van der Waals surface area contributed by atoms with E-state index in [0.717, 1.165) is 24.2 Å². The molecule has 0 spiro atoms. The third-order valence-corrected chi connectivity index (χ3v) is 2.14. The van der Waals surface area contributed by atoms with Gasteiger partial charge in [0, 0.05) is 32.1 Å². The number of nitrogens with zero attached hydrogens (tertiary/aromatic N) is 1. The molecular weight excluding hydrogens is 170 g/mol. The number of fused-ring (bicyclic) bond motifs is 1. The largest absolute Gasteiger partial charge is 0.352 e. The molecule has 1 aromatic heterocycles. The summed E-state index contributed by atoms with van der Waals surface area (Å²) in [4.78, 5) is 11.3. The summed E-state index contributed by atoms with van der Waals surface area (Å²) in [5.41, 5.74) is 1.79. The number of carbonyl (C=O) groups is 1. The lowest BCUT2D eigenvalue weighted by atomic mass is 10.1. The van der Waals surface area contributed by atoms with Gasteiger partial charge in [0.25, 0.3) is 5.91 Å². The molecule has 0 bridgehead atoms. The van der Waals surface area contributed by atoms with Crippen LogP contribution in [0.1, 0.15) is 21.8 Å². The first kappa shape index (κ1) is 8.25. The average Bonchev–Trinajstić information content (AvgIpc) is 2.60. The molecule has 0 atom stereocenters. The van der Waals surface area contributed by atoms with E-state index in [4.69, 9.17) is 4.52 Å². The molecule has 0 saturated heterocycles. The van der Waals surface area contributed by atoms with Crippen molar-refractivity contribution < 1.29 is 9.32 Å². The Bertz CT molecular complexity index is 332. The van der Waals surface area contributed by atoms with E-state index in [1.54, 1.807) is 7.05 Å². The van der Waals surface area contributed by atoms with Gasteiger partial charge in [0.05, 0.1) is 5.69 Å². The molecule has 0 saturated carbocycles. The number of aromatic nitrogens is 1. The smallest absolute Gasteiger partial charge is 0.289 e. The summed E-state index contributed by atoms with van der Waals surface area (Å²) in [6, 6.07) is 0. The number of nitrogens with one attached hydrogen (secondary N) is 2. The molecule has 1 amide bonds. The second kappa shape index (κ2) is 3.18. The van der Waals surface area contributed by atoms with Crippen LogP contribution in [0.5, 0.6) is 0 Å². The second-order valence-electron chi connectivity index (χ2n) is 2.94. The minimum Gasteiger partial charge on any atom is -0.352 e. The number of rotatable bonds is 1. The van der Waals surface area contributed by atoms with Gasteiger partial charge in [0.15, 0.2) is 0 Å². The van der Waals surface area contributed by atoms with Gasteiger partial charge in [-0.2, -0.15) is 0 Å². The van der Waals surface area contributed by atoms with Crippen LogP contribution in [0.25, 0.3) is 0 Å². The van der Waals surface area contributed by atoms with Crippen LogP contribution in [-0.4, -0.2) is 24.7 Å². The SMILES string of the molecule is CNC(=O)c1onc2c1CNCC2. The van der Waals surface area contributed by atoms with Gasteiger partial charge < -0.3 is 15.2 Å². The lowest BCUT2D eigenvalue weighted by Crippen LogP contribution is -2.26. The van der Waals surface area contributed by atoms with Crippen LogP contribution in [0.4, 0.5) is 0 Å². The van der Waals surface area contributed by atoms with Crippen molar-refractivity contribution in [1.29, 1.82) is 0 Å². The highest BCUT2D eigenvalue weighted by molar-refractivity contribution is 5.92. The Balaban J connectivity index is 2.36. The Morgan fingerprint density at radius 2 is 2.54 bits per heavy atom. The van der Waals surface area contributed by atoms with Crippen molar-refractivity contribution in [1.82, 2.24) is 15.8 Å². The minimum atomic E-state index is -0.211.